The van der Waals surface area contributed by atoms with Crippen LogP contribution in [0.4, 0.5) is 4.39 Å². The van der Waals surface area contributed by atoms with E-state index in [1.54, 1.807) is 12.1 Å². The van der Waals surface area contributed by atoms with Gasteiger partial charge in [-0.25, -0.2) is 4.39 Å². The maximum Gasteiger partial charge on any atom is 0.131 e. The molecule has 0 spiro atoms. The predicted molar refractivity (Wildman–Crippen MR) is 86.8 cm³/mol. The van der Waals surface area contributed by atoms with Crippen LogP contribution in [-0.2, 0) is 6.61 Å². The van der Waals surface area contributed by atoms with E-state index < -0.39 is 0 Å². The molecule has 2 nitrogen and oxygen atoms in total. The van der Waals surface area contributed by atoms with Gasteiger partial charge in [-0.1, -0.05) is 24.6 Å². The SMILES string of the molecule is CCCNC(C)c1ccc(OCc2ccc(Cl)s2)cc1F. The average Bonchev–Trinajstić information content (AvgIpc) is 2.88. The maximum atomic E-state index is 14.1. The molecule has 114 valence electrons. The summed E-state index contributed by atoms with van der Waals surface area (Å²) >= 11 is 7.33. The van der Waals surface area contributed by atoms with Crippen LogP contribution in [0.2, 0.25) is 4.34 Å². The molecule has 0 saturated carbocycles. The van der Waals surface area contributed by atoms with Crippen molar-refractivity contribution in [2.45, 2.75) is 32.9 Å². The lowest BCUT2D eigenvalue weighted by molar-refractivity contribution is 0.307. The molecule has 21 heavy (non-hydrogen) atoms. The zero-order chi connectivity index (χ0) is 15.2. The first-order valence-corrected chi connectivity index (χ1v) is 8.19. The van der Waals surface area contributed by atoms with Gasteiger partial charge in [0.1, 0.15) is 18.2 Å². The molecule has 0 fully saturated rings. The first kappa shape index (κ1) is 16.3. The summed E-state index contributed by atoms with van der Waals surface area (Å²) in [5.74, 6) is 0.288. The highest BCUT2D eigenvalue weighted by molar-refractivity contribution is 7.16. The van der Waals surface area contributed by atoms with E-state index in [-0.39, 0.29) is 11.9 Å². The molecule has 0 saturated heterocycles. The number of benzene rings is 1. The molecular weight excluding hydrogens is 309 g/mol. The summed E-state index contributed by atoms with van der Waals surface area (Å²) < 4.78 is 20.4. The van der Waals surface area contributed by atoms with E-state index in [1.807, 2.05) is 19.1 Å². The molecule has 0 aliphatic carbocycles. The number of rotatable bonds is 7. The highest BCUT2D eigenvalue weighted by Gasteiger charge is 2.11. The highest BCUT2D eigenvalue weighted by Crippen LogP contribution is 2.25. The van der Waals surface area contributed by atoms with Gasteiger partial charge in [0.25, 0.3) is 0 Å². The predicted octanol–water partition coefficient (Wildman–Crippen LogP) is 5.18. The van der Waals surface area contributed by atoms with Crippen LogP contribution in [0.5, 0.6) is 5.75 Å². The third kappa shape index (κ3) is 4.70. The van der Waals surface area contributed by atoms with E-state index in [0.29, 0.717) is 17.9 Å². The summed E-state index contributed by atoms with van der Waals surface area (Å²) in [7, 11) is 0. The van der Waals surface area contributed by atoms with Gasteiger partial charge in [-0.2, -0.15) is 0 Å². The smallest absolute Gasteiger partial charge is 0.131 e. The molecule has 0 radical (unpaired) electrons. The van der Waals surface area contributed by atoms with Gasteiger partial charge in [-0.15, -0.1) is 11.3 Å². The maximum absolute atomic E-state index is 14.1. The minimum Gasteiger partial charge on any atom is -0.488 e. The summed E-state index contributed by atoms with van der Waals surface area (Å²) in [6, 6.07) is 8.76. The van der Waals surface area contributed by atoms with Gasteiger partial charge < -0.3 is 10.1 Å². The normalized spacial score (nSPS) is 12.4. The largest absolute Gasteiger partial charge is 0.488 e. The Balaban J connectivity index is 1.98. The lowest BCUT2D eigenvalue weighted by atomic mass is 10.1. The second-order valence-electron chi connectivity index (χ2n) is 4.85. The fourth-order valence-corrected chi connectivity index (χ4v) is 3.00. The second-order valence-corrected chi connectivity index (χ2v) is 6.65. The van der Waals surface area contributed by atoms with Gasteiger partial charge in [-0.3, -0.25) is 0 Å². The number of halogens is 2. The molecule has 2 aromatic rings. The molecular formula is C16H19ClFNOS. The van der Waals surface area contributed by atoms with Crippen molar-refractivity contribution >= 4 is 22.9 Å². The summed E-state index contributed by atoms with van der Waals surface area (Å²) in [5, 5.41) is 3.28. The fourth-order valence-electron chi connectivity index (χ4n) is 2.00. The molecule has 1 aromatic carbocycles. The third-order valence-electron chi connectivity index (χ3n) is 3.15. The van der Waals surface area contributed by atoms with Crippen LogP contribution in [0.25, 0.3) is 0 Å². The second kappa shape index (κ2) is 7.78. The summed E-state index contributed by atoms with van der Waals surface area (Å²) in [6.45, 7) is 5.32. The lowest BCUT2D eigenvalue weighted by Gasteiger charge is -2.15. The molecule has 0 aliphatic rings. The number of hydrogen-bond donors (Lipinski definition) is 1. The van der Waals surface area contributed by atoms with Crippen molar-refractivity contribution in [1.29, 1.82) is 0 Å². The van der Waals surface area contributed by atoms with Crippen molar-refractivity contribution in [2.24, 2.45) is 0 Å². The summed E-state index contributed by atoms with van der Waals surface area (Å²) in [4.78, 5) is 1.02. The average molecular weight is 328 g/mol. The number of nitrogens with one attached hydrogen (secondary N) is 1. The fraction of sp³-hybridized carbons (Fsp3) is 0.375. The number of thiophene rings is 1. The quantitative estimate of drug-likeness (QED) is 0.756. The molecule has 1 heterocycles. The Labute approximate surface area is 133 Å². The first-order valence-electron chi connectivity index (χ1n) is 7.00. The van der Waals surface area contributed by atoms with Crippen LogP contribution < -0.4 is 10.1 Å². The Bertz CT molecular complexity index is 587. The van der Waals surface area contributed by atoms with Crippen LogP contribution in [0.1, 0.15) is 36.8 Å². The van der Waals surface area contributed by atoms with Gasteiger partial charge in [0.2, 0.25) is 0 Å². The molecule has 2 rings (SSSR count). The third-order valence-corrected chi connectivity index (χ3v) is 4.35. The van der Waals surface area contributed by atoms with Crippen LogP contribution in [0.3, 0.4) is 0 Å². The van der Waals surface area contributed by atoms with Crippen molar-refractivity contribution < 1.29 is 9.13 Å². The molecule has 0 aliphatic heterocycles. The minimum atomic E-state index is -0.243. The van der Waals surface area contributed by atoms with Gasteiger partial charge in [0, 0.05) is 22.5 Å². The van der Waals surface area contributed by atoms with Crippen molar-refractivity contribution in [2.75, 3.05) is 6.54 Å². The summed E-state index contributed by atoms with van der Waals surface area (Å²) in [6.07, 6.45) is 1.02. The van der Waals surface area contributed by atoms with Gasteiger partial charge in [0.15, 0.2) is 0 Å². The van der Waals surface area contributed by atoms with Crippen molar-refractivity contribution in [3.63, 3.8) is 0 Å². The number of hydrogen-bond acceptors (Lipinski definition) is 3. The van der Waals surface area contributed by atoms with E-state index in [2.05, 4.69) is 12.2 Å². The van der Waals surface area contributed by atoms with E-state index in [1.165, 1.54) is 17.4 Å². The zero-order valence-corrected chi connectivity index (χ0v) is 13.7. The standard InChI is InChI=1S/C16H19ClFNOS/c1-3-8-19-11(2)14-6-4-12(9-15(14)18)20-10-13-5-7-16(17)21-13/h4-7,9,11,19H,3,8,10H2,1-2H3. The van der Waals surface area contributed by atoms with Crippen LogP contribution in [0, 0.1) is 5.82 Å². The first-order chi connectivity index (χ1) is 10.1. The molecule has 5 heteroatoms. The molecule has 1 atom stereocenters. The Morgan fingerprint density at radius 2 is 2.14 bits per heavy atom. The highest BCUT2D eigenvalue weighted by atomic mass is 35.5. The van der Waals surface area contributed by atoms with E-state index >= 15 is 0 Å². The molecule has 1 unspecified atom stereocenters. The van der Waals surface area contributed by atoms with Gasteiger partial charge in [0.05, 0.1) is 4.34 Å². The molecule has 0 amide bonds. The monoisotopic (exact) mass is 327 g/mol. The molecule has 0 bridgehead atoms. The zero-order valence-electron chi connectivity index (χ0n) is 12.2. The number of ether oxygens (including phenoxy) is 1. The van der Waals surface area contributed by atoms with Crippen LogP contribution in [-0.4, -0.2) is 6.54 Å². The van der Waals surface area contributed by atoms with Crippen LogP contribution >= 0.6 is 22.9 Å². The Morgan fingerprint density at radius 1 is 1.33 bits per heavy atom. The Morgan fingerprint density at radius 3 is 2.76 bits per heavy atom. The topological polar surface area (TPSA) is 21.3 Å². The van der Waals surface area contributed by atoms with E-state index in [4.69, 9.17) is 16.3 Å². The van der Waals surface area contributed by atoms with Gasteiger partial charge in [-0.05, 0) is 38.1 Å². The van der Waals surface area contributed by atoms with Gasteiger partial charge >= 0.3 is 0 Å². The van der Waals surface area contributed by atoms with Crippen LogP contribution in [0.15, 0.2) is 30.3 Å². The Hall–Kier alpha value is -1.10. The summed E-state index contributed by atoms with van der Waals surface area (Å²) in [5.41, 5.74) is 0.662. The molecule has 1 N–H and O–H groups in total. The van der Waals surface area contributed by atoms with Crippen molar-refractivity contribution in [3.8, 4) is 5.75 Å². The molecule has 1 aromatic heterocycles. The van der Waals surface area contributed by atoms with E-state index in [9.17, 15) is 4.39 Å². The Kier molecular flexibility index (Phi) is 6.03. The minimum absolute atomic E-state index is 0.00453. The lowest BCUT2D eigenvalue weighted by Crippen LogP contribution is -2.20. The van der Waals surface area contributed by atoms with Crippen molar-refractivity contribution in [1.82, 2.24) is 5.32 Å². The van der Waals surface area contributed by atoms with E-state index in [0.717, 1.165) is 22.2 Å². The van der Waals surface area contributed by atoms with Crippen molar-refractivity contribution in [3.05, 3.63) is 50.9 Å².